The maximum Gasteiger partial charge on any atom is 0.339 e. The van der Waals surface area contributed by atoms with Crippen LogP contribution in [0.1, 0.15) is 21.6 Å². The number of rotatable bonds is 3. The highest BCUT2D eigenvalue weighted by molar-refractivity contribution is 5.93. The molecule has 142 valence electrons. The van der Waals surface area contributed by atoms with Gasteiger partial charge >= 0.3 is 5.97 Å². The number of phenols is 1. The summed E-state index contributed by atoms with van der Waals surface area (Å²) in [6, 6.07) is 25.4. The van der Waals surface area contributed by atoms with E-state index in [0.29, 0.717) is 0 Å². The second kappa shape index (κ2) is 6.67. The van der Waals surface area contributed by atoms with Crippen molar-refractivity contribution in [2.45, 2.75) is 12.8 Å². The first-order valence-corrected chi connectivity index (χ1v) is 9.58. The van der Waals surface area contributed by atoms with Crippen LogP contribution in [0.15, 0.2) is 78.9 Å². The zero-order valence-electron chi connectivity index (χ0n) is 15.7. The van der Waals surface area contributed by atoms with Gasteiger partial charge in [-0.3, -0.25) is 0 Å². The second-order valence-corrected chi connectivity index (χ2v) is 7.26. The first-order valence-electron chi connectivity index (χ1n) is 9.58. The van der Waals surface area contributed by atoms with Crippen molar-refractivity contribution in [1.82, 2.24) is 4.57 Å². The van der Waals surface area contributed by atoms with Gasteiger partial charge in [0, 0.05) is 16.9 Å². The van der Waals surface area contributed by atoms with Crippen molar-refractivity contribution in [3.63, 3.8) is 0 Å². The molecule has 0 unspecified atom stereocenters. The Morgan fingerprint density at radius 3 is 2.38 bits per heavy atom. The van der Waals surface area contributed by atoms with Crippen LogP contribution in [0.4, 0.5) is 0 Å². The third kappa shape index (κ3) is 2.81. The molecule has 0 saturated carbocycles. The van der Waals surface area contributed by atoms with Crippen LogP contribution >= 0.6 is 0 Å². The Labute approximate surface area is 168 Å². The number of hydrogen-bond donors (Lipinski definition) is 2. The van der Waals surface area contributed by atoms with E-state index in [9.17, 15) is 15.0 Å². The Morgan fingerprint density at radius 1 is 0.828 bits per heavy atom. The van der Waals surface area contributed by atoms with E-state index in [-0.39, 0.29) is 11.3 Å². The van der Waals surface area contributed by atoms with E-state index in [1.807, 2.05) is 18.2 Å². The summed E-state index contributed by atoms with van der Waals surface area (Å²) in [5.74, 6) is -1.37. The Hall–Kier alpha value is -3.79. The number of para-hydroxylation sites is 1. The van der Waals surface area contributed by atoms with Crippen molar-refractivity contribution in [1.29, 1.82) is 0 Å². The minimum Gasteiger partial charge on any atom is -0.507 e. The van der Waals surface area contributed by atoms with Crippen LogP contribution in [0.2, 0.25) is 0 Å². The number of carbonyl (C=O) groups is 1. The van der Waals surface area contributed by atoms with E-state index < -0.39 is 5.97 Å². The highest BCUT2D eigenvalue weighted by atomic mass is 16.4. The van der Waals surface area contributed by atoms with E-state index in [1.165, 1.54) is 28.5 Å². The fraction of sp³-hybridized carbons (Fsp3) is 0.0800. The fourth-order valence-electron chi connectivity index (χ4n) is 4.24. The van der Waals surface area contributed by atoms with Gasteiger partial charge in [0.05, 0.1) is 5.69 Å². The van der Waals surface area contributed by atoms with Crippen LogP contribution in [-0.2, 0) is 12.8 Å². The molecule has 1 aromatic heterocycles. The molecule has 1 aliphatic rings. The number of fused-ring (bicyclic) bond motifs is 3. The lowest BCUT2D eigenvalue weighted by atomic mass is 9.90. The first-order chi connectivity index (χ1) is 14.1. The third-order valence-corrected chi connectivity index (χ3v) is 5.58. The van der Waals surface area contributed by atoms with Crippen molar-refractivity contribution >= 4 is 5.97 Å². The molecule has 0 amide bonds. The molecule has 1 heterocycles. The molecule has 0 aliphatic heterocycles. The number of carboxylic acid groups (broad SMARTS) is 1. The number of hydrogen-bond acceptors (Lipinski definition) is 2. The molecule has 5 rings (SSSR count). The summed E-state index contributed by atoms with van der Waals surface area (Å²) >= 11 is 0. The van der Waals surface area contributed by atoms with E-state index in [0.717, 1.165) is 29.8 Å². The van der Waals surface area contributed by atoms with E-state index in [4.69, 9.17) is 0 Å². The lowest BCUT2D eigenvalue weighted by Crippen LogP contribution is -2.08. The second-order valence-electron chi connectivity index (χ2n) is 7.26. The maximum atomic E-state index is 11.6. The number of aromatic hydroxyl groups is 1. The molecule has 0 fully saturated rings. The van der Waals surface area contributed by atoms with Gasteiger partial charge in [-0.2, -0.15) is 0 Å². The summed E-state index contributed by atoms with van der Waals surface area (Å²) in [7, 11) is 0. The lowest BCUT2D eigenvalue weighted by Gasteiger charge is -2.20. The number of aromatic carboxylic acids is 1. The van der Waals surface area contributed by atoms with Crippen LogP contribution in [0.25, 0.3) is 28.1 Å². The first kappa shape index (κ1) is 17.3. The van der Waals surface area contributed by atoms with E-state index >= 15 is 0 Å². The quantitative estimate of drug-likeness (QED) is 0.505. The monoisotopic (exact) mass is 381 g/mol. The molecule has 29 heavy (non-hydrogen) atoms. The summed E-state index contributed by atoms with van der Waals surface area (Å²) in [4.78, 5) is 11.6. The Kier molecular flexibility index (Phi) is 3.98. The Bertz CT molecular complexity index is 1240. The Morgan fingerprint density at radius 2 is 1.59 bits per heavy atom. The van der Waals surface area contributed by atoms with Crippen LogP contribution in [-0.4, -0.2) is 20.7 Å². The normalized spacial score (nSPS) is 12.3. The van der Waals surface area contributed by atoms with Crippen molar-refractivity contribution < 1.29 is 15.0 Å². The van der Waals surface area contributed by atoms with Crippen molar-refractivity contribution in [3.8, 4) is 33.8 Å². The highest BCUT2D eigenvalue weighted by Gasteiger charge is 2.24. The number of nitrogens with zero attached hydrogens (tertiary/aromatic N) is 1. The largest absolute Gasteiger partial charge is 0.507 e. The molecule has 0 radical (unpaired) electrons. The molecule has 4 heteroatoms. The molecule has 0 bridgehead atoms. The van der Waals surface area contributed by atoms with Gasteiger partial charge < -0.3 is 14.8 Å². The molecule has 1 aliphatic carbocycles. The van der Waals surface area contributed by atoms with Gasteiger partial charge in [-0.1, -0.05) is 42.5 Å². The van der Waals surface area contributed by atoms with Crippen LogP contribution in [0.3, 0.4) is 0 Å². The van der Waals surface area contributed by atoms with Gasteiger partial charge in [-0.25, -0.2) is 4.79 Å². The Balaban J connectivity index is 1.80. The topological polar surface area (TPSA) is 62.5 Å². The minimum absolute atomic E-state index is 0.0957. The van der Waals surface area contributed by atoms with Gasteiger partial charge in [0.1, 0.15) is 11.3 Å². The SMILES string of the molecule is O=C(O)c1cc(-c2cc3c(n2-c2ccccc2)CCc2ccccc2-3)ccc1O. The molecule has 0 spiro atoms. The number of aryl methyl sites for hydroxylation is 1. The predicted molar refractivity (Wildman–Crippen MR) is 113 cm³/mol. The fourth-order valence-corrected chi connectivity index (χ4v) is 4.24. The van der Waals surface area contributed by atoms with Crippen LogP contribution < -0.4 is 0 Å². The molecular formula is C25H19NO3. The van der Waals surface area contributed by atoms with Gasteiger partial charge in [-0.15, -0.1) is 0 Å². The lowest BCUT2D eigenvalue weighted by molar-refractivity contribution is 0.0694. The van der Waals surface area contributed by atoms with Gasteiger partial charge in [-0.05, 0) is 65.9 Å². The summed E-state index contributed by atoms with van der Waals surface area (Å²) in [6.07, 6.45) is 1.88. The van der Waals surface area contributed by atoms with Gasteiger partial charge in [0.2, 0.25) is 0 Å². The molecule has 4 nitrogen and oxygen atoms in total. The predicted octanol–water partition coefficient (Wildman–Crippen LogP) is 5.31. The molecule has 0 saturated heterocycles. The maximum absolute atomic E-state index is 11.6. The number of carboxylic acids is 1. The van der Waals surface area contributed by atoms with E-state index in [2.05, 4.69) is 47.0 Å². The standard InChI is InChI=1S/C25H19NO3/c27-24-13-11-17(14-21(24)25(28)29)23-15-20-19-9-5-4-6-16(19)10-12-22(20)26(23)18-7-2-1-3-8-18/h1-9,11,13-15,27H,10,12H2,(H,28,29). The van der Waals surface area contributed by atoms with Crippen LogP contribution in [0, 0.1) is 0 Å². The molecule has 4 aromatic rings. The zero-order chi connectivity index (χ0) is 20.0. The number of benzene rings is 3. The smallest absolute Gasteiger partial charge is 0.339 e. The molecule has 0 atom stereocenters. The average molecular weight is 381 g/mol. The van der Waals surface area contributed by atoms with Gasteiger partial charge in [0.15, 0.2) is 0 Å². The van der Waals surface area contributed by atoms with Crippen LogP contribution in [0.5, 0.6) is 5.75 Å². The minimum atomic E-state index is -1.14. The van der Waals surface area contributed by atoms with Gasteiger partial charge in [0.25, 0.3) is 0 Å². The van der Waals surface area contributed by atoms with E-state index in [1.54, 1.807) is 12.1 Å². The molecular weight excluding hydrogens is 362 g/mol. The third-order valence-electron chi connectivity index (χ3n) is 5.58. The average Bonchev–Trinajstić information content (AvgIpc) is 3.14. The van der Waals surface area contributed by atoms with Crippen molar-refractivity contribution in [3.05, 3.63) is 95.7 Å². The molecule has 3 aromatic carbocycles. The van der Waals surface area contributed by atoms with Crippen molar-refractivity contribution in [2.75, 3.05) is 0 Å². The highest BCUT2D eigenvalue weighted by Crippen LogP contribution is 2.41. The number of aromatic nitrogens is 1. The summed E-state index contributed by atoms with van der Waals surface area (Å²) in [5.41, 5.74) is 7.56. The zero-order valence-corrected chi connectivity index (χ0v) is 15.7. The molecule has 2 N–H and O–H groups in total. The summed E-state index contributed by atoms with van der Waals surface area (Å²) in [6.45, 7) is 0. The van der Waals surface area contributed by atoms with Crippen molar-refractivity contribution in [2.24, 2.45) is 0 Å². The summed E-state index contributed by atoms with van der Waals surface area (Å²) in [5, 5.41) is 19.4. The summed E-state index contributed by atoms with van der Waals surface area (Å²) < 4.78 is 2.21.